The molecule has 0 unspecified atom stereocenters. The van der Waals surface area contributed by atoms with Crippen molar-refractivity contribution in [2.45, 2.75) is 18.9 Å². The van der Waals surface area contributed by atoms with E-state index in [1.807, 2.05) is 0 Å². The van der Waals surface area contributed by atoms with Crippen LogP contribution in [0.3, 0.4) is 0 Å². The molecule has 2 rings (SSSR count). The number of rotatable bonds is 3. The molecule has 96 valence electrons. The van der Waals surface area contributed by atoms with Gasteiger partial charge in [0.15, 0.2) is 0 Å². The fourth-order valence-electron chi connectivity index (χ4n) is 2.16. The smallest absolute Gasteiger partial charge is 0.246 e. The molecule has 1 saturated heterocycles. The second-order valence-electron chi connectivity index (χ2n) is 4.44. The first-order chi connectivity index (χ1) is 8.70. The predicted molar refractivity (Wildman–Crippen MR) is 69.0 cm³/mol. The van der Waals surface area contributed by atoms with Gasteiger partial charge in [-0.15, -0.1) is 0 Å². The molecule has 0 aliphatic carbocycles. The molecule has 1 heterocycles. The molecule has 0 spiro atoms. The van der Waals surface area contributed by atoms with Crippen molar-refractivity contribution in [3.63, 3.8) is 0 Å². The second kappa shape index (κ2) is 5.69. The number of benzene rings is 1. The maximum atomic E-state index is 11.9. The number of aliphatic hydroxyl groups is 1. The summed E-state index contributed by atoms with van der Waals surface area (Å²) in [5, 5.41) is 18.3. The van der Waals surface area contributed by atoms with Crippen LogP contribution < -0.4 is 0 Å². The largest absolute Gasteiger partial charge is 0.508 e. The van der Waals surface area contributed by atoms with Gasteiger partial charge in [-0.05, 0) is 36.6 Å². The van der Waals surface area contributed by atoms with Gasteiger partial charge in [0.2, 0.25) is 5.91 Å². The number of likely N-dealkylation sites (tertiary alicyclic amines) is 1. The zero-order valence-corrected chi connectivity index (χ0v) is 10.1. The van der Waals surface area contributed by atoms with Gasteiger partial charge in [0.05, 0.1) is 12.6 Å². The average molecular weight is 247 g/mol. The lowest BCUT2D eigenvalue weighted by atomic mass is 10.2. The molecule has 2 N–H and O–H groups in total. The van der Waals surface area contributed by atoms with Crippen molar-refractivity contribution in [1.29, 1.82) is 0 Å². The number of phenols is 1. The van der Waals surface area contributed by atoms with Crippen LogP contribution in [-0.2, 0) is 4.79 Å². The summed E-state index contributed by atoms with van der Waals surface area (Å²) in [6.07, 6.45) is 5.05. The van der Waals surface area contributed by atoms with E-state index in [4.69, 9.17) is 10.2 Å². The highest BCUT2D eigenvalue weighted by atomic mass is 16.3. The molecule has 1 aliphatic rings. The summed E-state index contributed by atoms with van der Waals surface area (Å²) in [7, 11) is 0. The Kier molecular flexibility index (Phi) is 3.99. The van der Waals surface area contributed by atoms with Crippen molar-refractivity contribution in [2.24, 2.45) is 0 Å². The quantitative estimate of drug-likeness (QED) is 0.793. The Morgan fingerprint density at radius 2 is 2.11 bits per heavy atom. The van der Waals surface area contributed by atoms with Gasteiger partial charge in [-0.2, -0.15) is 0 Å². The second-order valence-corrected chi connectivity index (χ2v) is 4.44. The average Bonchev–Trinajstić information content (AvgIpc) is 2.86. The highest BCUT2D eigenvalue weighted by Crippen LogP contribution is 2.17. The summed E-state index contributed by atoms with van der Waals surface area (Å²) >= 11 is 0. The third kappa shape index (κ3) is 2.90. The molecule has 1 atom stereocenters. The van der Waals surface area contributed by atoms with E-state index in [0.29, 0.717) is 6.54 Å². The summed E-state index contributed by atoms with van der Waals surface area (Å²) in [5.41, 5.74) is 0.862. The minimum absolute atomic E-state index is 0.0266. The number of carbonyl (C=O) groups excluding carboxylic acids is 1. The molecule has 1 amide bonds. The van der Waals surface area contributed by atoms with Crippen molar-refractivity contribution in [2.75, 3.05) is 13.2 Å². The number of carbonyl (C=O) groups is 1. The number of hydrogen-bond acceptors (Lipinski definition) is 3. The van der Waals surface area contributed by atoms with Gasteiger partial charge in [0.25, 0.3) is 0 Å². The number of phenolic OH excluding ortho intramolecular Hbond substituents is 1. The zero-order chi connectivity index (χ0) is 13.0. The van der Waals surface area contributed by atoms with E-state index in [0.717, 1.165) is 18.4 Å². The van der Waals surface area contributed by atoms with Gasteiger partial charge in [0.1, 0.15) is 5.75 Å². The van der Waals surface area contributed by atoms with E-state index < -0.39 is 0 Å². The lowest BCUT2D eigenvalue weighted by Crippen LogP contribution is -2.36. The normalized spacial score (nSPS) is 19.6. The minimum atomic E-state index is -0.0698. The molecule has 18 heavy (non-hydrogen) atoms. The highest BCUT2D eigenvalue weighted by Gasteiger charge is 2.26. The summed E-state index contributed by atoms with van der Waals surface area (Å²) in [6, 6.07) is 6.61. The third-order valence-electron chi connectivity index (χ3n) is 3.18. The number of hydrogen-bond donors (Lipinski definition) is 2. The lowest BCUT2D eigenvalue weighted by molar-refractivity contribution is -0.127. The van der Waals surface area contributed by atoms with Crippen LogP contribution in [0.4, 0.5) is 0 Å². The molecule has 1 aromatic rings. The monoisotopic (exact) mass is 247 g/mol. The van der Waals surface area contributed by atoms with Gasteiger partial charge in [-0.3, -0.25) is 4.79 Å². The SMILES string of the molecule is O=C(/C=C/c1ccc(O)cc1)N1CCC[C@@H]1CO. The van der Waals surface area contributed by atoms with Gasteiger partial charge in [-0.25, -0.2) is 0 Å². The lowest BCUT2D eigenvalue weighted by Gasteiger charge is -2.21. The topological polar surface area (TPSA) is 60.8 Å². The minimum Gasteiger partial charge on any atom is -0.508 e. The standard InChI is InChI=1S/C14H17NO3/c16-10-12-2-1-9-15(12)14(18)8-5-11-3-6-13(17)7-4-11/h3-8,12,16-17H,1-2,9-10H2/b8-5+/t12-/m1/s1. The Labute approximate surface area is 106 Å². The molecular weight excluding hydrogens is 230 g/mol. The fourth-order valence-corrected chi connectivity index (χ4v) is 2.16. The molecule has 1 aliphatic heterocycles. The van der Waals surface area contributed by atoms with Crippen LogP contribution >= 0.6 is 0 Å². The van der Waals surface area contributed by atoms with E-state index in [2.05, 4.69) is 0 Å². The zero-order valence-electron chi connectivity index (χ0n) is 10.1. The Morgan fingerprint density at radius 1 is 1.39 bits per heavy atom. The van der Waals surface area contributed by atoms with Crippen LogP contribution in [0.2, 0.25) is 0 Å². The van der Waals surface area contributed by atoms with Crippen molar-refractivity contribution in [1.82, 2.24) is 4.90 Å². The molecule has 4 nitrogen and oxygen atoms in total. The van der Waals surface area contributed by atoms with Gasteiger partial charge < -0.3 is 15.1 Å². The molecule has 0 bridgehead atoms. The first kappa shape index (κ1) is 12.6. The number of aliphatic hydroxyl groups excluding tert-OH is 1. The Bertz CT molecular complexity index is 439. The van der Waals surface area contributed by atoms with E-state index in [1.165, 1.54) is 6.08 Å². The summed E-state index contributed by atoms with van der Waals surface area (Å²) in [5.74, 6) is 0.137. The molecule has 0 saturated carbocycles. The first-order valence-electron chi connectivity index (χ1n) is 6.09. The third-order valence-corrected chi connectivity index (χ3v) is 3.18. The summed E-state index contributed by atoms with van der Waals surface area (Å²) < 4.78 is 0. The molecule has 1 aromatic carbocycles. The van der Waals surface area contributed by atoms with E-state index >= 15 is 0 Å². The molecule has 0 radical (unpaired) electrons. The summed E-state index contributed by atoms with van der Waals surface area (Å²) in [6.45, 7) is 0.739. The van der Waals surface area contributed by atoms with Crippen molar-refractivity contribution in [3.05, 3.63) is 35.9 Å². The van der Waals surface area contributed by atoms with Crippen LogP contribution in [0.5, 0.6) is 5.75 Å². The van der Waals surface area contributed by atoms with Gasteiger partial charge in [0, 0.05) is 12.6 Å². The molecule has 0 aromatic heterocycles. The molecule has 1 fully saturated rings. The van der Waals surface area contributed by atoms with E-state index in [1.54, 1.807) is 35.2 Å². The number of nitrogens with zero attached hydrogens (tertiary/aromatic N) is 1. The first-order valence-corrected chi connectivity index (χ1v) is 6.09. The Balaban J connectivity index is 2.00. The number of amides is 1. The molecule has 4 heteroatoms. The van der Waals surface area contributed by atoms with Crippen LogP contribution in [0.1, 0.15) is 18.4 Å². The van der Waals surface area contributed by atoms with Crippen LogP contribution in [0, 0.1) is 0 Å². The van der Waals surface area contributed by atoms with E-state index in [9.17, 15) is 4.79 Å². The maximum absolute atomic E-state index is 11.9. The highest BCUT2D eigenvalue weighted by molar-refractivity contribution is 5.92. The van der Waals surface area contributed by atoms with Gasteiger partial charge >= 0.3 is 0 Å². The maximum Gasteiger partial charge on any atom is 0.246 e. The molecular formula is C14H17NO3. The van der Waals surface area contributed by atoms with Crippen LogP contribution in [-0.4, -0.2) is 40.2 Å². The fraction of sp³-hybridized carbons (Fsp3) is 0.357. The summed E-state index contributed by atoms with van der Waals surface area (Å²) in [4.78, 5) is 13.6. The van der Waals surface area contributed by atoms with Crippen LogP contribution in [0.15, 0.2) is 30.3 Å². The van der Waals surface area contributed by atoms with Gasteiger partial charge in [-0.1, -0.05) is 12.1 Å². The Morgan fingerprint density at radius 3 is 2.78 bits per heavy atom. The predicted octanol–water partition coefficient (Wildman–Crippen LogP) is 1.39. The van der Waals surface area contributed by atoms with Crippen molar-refractivity contribution >= 4 is 12.0 Å². The van der Waals surface area contributed by atoms with Crippen LogP contribution in [0.25, 0.3) is 6.08 Å². The number of aromatic hydroxyl groups is 1. The van der Waals surface area contributed by atoms with Crippen molar-refractivity contribution in [3.8, 4) is 5.75 Å². The Hall–Kier alpha value is -1.81. The van der Waals surface area contributed by atoms with E-state index in [-0.39, 0.29) is 24.3 Å². The van der Waals surface area contributed by atoms with Crippen molar-refractivity contribution < 1.29 is 15.0 Å².